The average molecular weight is 411 g/mol. The summed E-state index contributed by atoms with van der Waals surface area (Å²) in [6.45, 7) is 6.02. The van der Waals surface area contributed by atoms with E-state index in [0.717, 1.165) is 11.4 Å². The van der Waals surface area contributed by atoms with Crippen molar-refractivity contribution in [3.8, 4) is 10.4 Å². The maximum Gasteiger partial charge on any atom is 0.223 e. The monoisotopic (exact) mass is 410 g/mol. The molecule has 3 rings (SSSR count). The lowest BCUT2D eigenvalue weighted by molar-refractivity contribution is -0.126. The molecule has 2 aromatic rings. The van der Waals surface area contributed by atoms with Gasteiger partial charge in [0.15, 0.2) is 0 Å². The lowest BCUT2D eigenvalue weighted by atomic mass is 9.97. The standard InChI is InChI=1S/C18H26N4O3S2/c1-13-17(16-5-4-12-26-16)14(2)22(20-13)11-8-19-18(23)15-6-9-21(10-7-15)27(3,24)25/h4-5,12,15H,6-11H2,1-3H3,(H,19,23). The van der Waals surface area contributed by atoms with Crippen LogP contribution in [0.5, 0.6) is 0 Å². The molecule has 0 unspecified atom stereocenters. The van der Waals surface area contributed by atoms with Gasteiger partial charge in [0.05, 0.1) is 18.5 Å². The molecule has 0 radical (unpaired) electrons. The molecule has 3 heterocycles. The molecule has 1 N–H and O–H groups in total. The van der Waals surface area contributed by atoms with Gasteiger partial charge in [0.25, 0.3) is 0 Å². The third kappa shape index (κ3) is 4.59. The lowest BCUT2D eigenvalue weighted by Crippen LogP contribution is -2.43. The van der Waals surface area contributed by atoms with Crippen LogP contribution in [0.1, 0.15) is 24.2 Å². The third-order valence-electron chi connectivity index (χ3n) is 5.07. The van der Waals surface area contributed by atoms with Gasteiger partial charge in [-0.2, -0.15) is 5.10 Å². The van der Waals surface area contributed by atoms with Crippen LogP contribution in [-0.2, 0) is 21.4 Å². The molecule has 1 aliphatic rings. The van der Waals surface area contributed by atoms with E-state index in [0.29, 0.717) is 39.0 Å². The molecule has 0 spiro atoms. The fourth-order valence-electron chi connectivity index (χ4n) is 3.57. The first-order valence-electron chi connectivity index (χ1n) is 9.08. The van der Waals surface area contributed by atoms with Crippen LogP contribution in [0.3, 0.4) is 0 Å². The quantitative estimate of drug-likeness (QED) is 0.790. The van der Waals surface area contributed by atoms with E-state index in [4.69, 9.17) is 0 Å². The van der Waals surface area contributed by atoms with Crippen molar-refractivity contribution in [2.45, 2.75) is 33.2 Å². The van der Waals surface area contributed by atoms with E-state index in [1.54, 1.807) is 11.3 Å². The predicted molar refractivity (Wildman–Crippen MR) is 107 cm³/mol. The minimum Gasteiger partial charge on any atom is -0.354 e. The Morgan fingerprint density at radius 2 is 2.04 bits per heavy atom. The van der Waals surface area contributed by atoms with Crippen molar-refractivity contribution in [3.05, 3.63) is 28.9 Å². The summed E-state index contributed by atoms with van der Waals surface area (Å²) in [5.41, 5.74) is 3.27. The maximum atomic E-state index is 12.4. The highest BCUT2D eigenvalue weighted by molar-refractivity contribution is 7.88. The summed E-state index contributed by atoms with van der Waals surface area (Å²) in [6, 6.07) is 4.13. The van der Waals surface area contributed by atoms with Crippen molar-refractivity contribution in [1.82, 2.24) is 19.4 Å². The van der Waals surface area contributed by atoms with Crippen molar-refractivity contribution in [2.75, 3.05) is 25.9 Å². The summed E-state index contributed by atoms with van der Waals surface area (Å²) in [5, 5.41) is 9.65. The highest BCUT2D eigenvalue weighted by Gasteiger charge is 2.28. The van der Waals surface area contributed by atoms with Gasteiger partial charge in [-0.1, -0.05) is 6.07 Å². The average Bonchev–Trinajstić information content (AvgIpc) is 3.22. The number of amides is 1. The van der Waals surface area contributed by atoms with Gasteiger partial charge in [-0.25, -0.2) is 12.7 Å². The van der Waals surface area contributed by atoms with Crippen LogP contribution < -0.4 is 5.32 Å². The number of aryl methyl sites for hydroxylation is 1. The van der Waals surface area contributed by atoms with Crippen LogP contribution in [0.4, 0.5) is 0 Å². The number of nitrogens with one attached hydrogen (secondary N) is 1. The Labute approximate surface area is 164 Å². The van der Waals surface area contributed by atoms with Gasteiger partial charge in [-0.15, -0.1) is 11.3 Å². The molecule has 0 aliphatic carbocycles. The number of carbonyl (C=O) groups excluding carboxylic acids is 1. The smallest absolute Gasteiger partial charge is 0.223 e. The van der Waals surface area contributed by atoms with E-state index in [1.165, 1.54) is 21.0 Å². The predicted octanol–water partition coefficient (Wildman–Crippen LogP) is 2.02. The number of hydrogen-bond acceptors (Lipinski definition) is 5. The van der Waals surface area contributed by atoms with Gasteiger partial charge in [0, 0.05) is 41.7 Å². The lowest BCUT2D eigenvalue weighted by Gasteiger charge is -2.29. The van der Waals surface area contributed by atoms with E-state index in [-0.39, 0.29) is 11.8 Å². The molecule has 1 aliphatic heterocycles. The van der Waals surface area contributed by atoms with E-state index >= 15 is 0 Å². The van der Waals surface area contributed by atoms with Crippen LogP contribution in [0.2, 0.25) is 0 Å². The zero-order valence-corrected chi connectivity index (χ0v) is 17.6. The van der Waals surface area contributed by atoms with Crippen molar-refractivity contribution in [3.63, 3.8) is 0 Å². The highest BCUT2D eigenvalue weighted by Crippen LogP contribution is 2.30. The second-order valence-electron chi connectivity index (χ2n) is 6.97. The minimum atomic E-state index is -3.16. The molecule has 1 amide bonds. The molecule has 0 bridgehead atoms. The number of hydrogen-bond donors (Lipinski definition) is 1. The number of piperidine rings is 1. The molecule has 0 saturated carbocycles. The summed E-state index contributed by atoms with van der Waals surface area (Å²) >= 11 is 1.70. The number of aromatic nitrogens is 2. The van der Waals surface area contributed by atoms with Gasteiger partial charge >= 0.3 is 0 Å². The minimum absolute atomic E-state index is 0.00293. The van der Waals surface area contributed by atoms with E-state index < -0.39 is 10.0 Å². The SMILES string of the molecule is Cc1nn(CCNC(=O)C2CCN(S(C)(=O)=O)CC2)c(C)c1-c1cccs1. The van der Waals surface area contributed by atoms with Crippen molar-refractivity contribution in [1.29, 1.82) is 0 Å². The molecule has 9 heteroatoms. The molecule has 0 aromatic carbocycles. The fourth-order valence-corrected chi connectivity index (χ4v) is 5.32. The van der Waals surface area contributed by atoms with Gasteiger partial charge in [-0.3, -0.25) is 9.48 Å². The Morgan fingerprint density at radius 3 is 2.63 bits per heavy atom. The van der Waals surface area contributed by atoms with Gasteiger partial charge in [0.1, 0.15) is 0 Å². The molecule has 1 fully saturated rings. The summed E-state index contributed by atoms with van der Waals surface area (Å²) in [6.07, 6.45) is 2.36. The Hall–Kier alpha value is -1.71. The first-order chi connectivity index (χ1) is 12.8. The van der Waals surface area contributed by atoms with Gasteiger partial charge in [-0.05, 0) is 38.1 Å². The largest absolute Gasteiger partial charge is 0.354 e. The first kappa shape index (κ1) is 20.0. The molecular formula is C18H26N4O3S2. The number of sulfonamides is 1. The molecule has 0 atom stereocenters. The van der Waals surface area contributed by atoms with E-state index in [1.807, 2.05) is 17.7 Å². The van der Waals surface area contributed by atoms with E-state index in [2.05, 4.69) is 28.8 Å². The second kappa shape index (κ2) is 8.12. The number of nitrogens with zero attached hydrogens (tertiary/aromatic N) is 3. The Morgan fingerprint density at radius 1 is 1.33 bits per heavy atom. The number of rotatable bonds is 6. The Bertz CT molecular complexity index is 895. The Kier molecular flexibility index (Phi) is 6.02. The molecule has 2 aromatic heterocycles. The van der Waals surface area contributed by atoms with Gasteiger partial charge in [0.2, 0.25) is 15.9 Å². The maximum absolute atomic E-state index is 12.4. The van der Waals surface area contributed by atoms with Crippen molar-refractivity contribution in [2.24, 2.45) is 5.92 Å². The fraction of sp³-hybridized carbons (Fsp3) is 0.556. The first-order valence-corrected chi connectivity index (χ1v) is 11.8. The van der Waals surface area contributed by atoms with Crippen LogP contribution in [0, 0.1) is 19.8 Å². The highest BCUT2D eigenvalue weighted by atomic mass is 32.2. The zero-order valence-electron chi connectivity index (χ0n) is 15.9. The van der Waals surface area contributed by atoms with Crippen molar-refractivity contribution >= 4 is 27.3 Å². The number of thiophene rings is 1. The van der Waals surface area contributed by atoms with Gasteiger partial charge < -0.3 is 5.32 Å². The van der Waals surface area contributed by atoms with Crippen LogP contribution in [0.25, 0.3) is 10.4 Å². The molecule has 27 heavy (non-hydrogen) atoms. The molecule has 7 nitrogen and oxygen atoms in total. The molecule has 1 saturated heterocycles. The van der Waals surface area contributed by atoms with Crippen LogP contribution in [-0.4, -0.2) is 54.3 Å². The normalized spacial score (nSPS) is 16.6. The van der Waals surface area contributed by atoms with E-state index in [9.17, 15) is 13.2 Å². The summed E-state index contributed by atoms with van der Waals surface area (Å²) in [4.78, 5) is 13.6. The molecular weight excluding hydrogens is 384 g/mol. The number of carbonyl (C=O) groups is 1. The zero-order chi connectivity index (χ0) is 19.6. The Balaban J connectivity index is 1.52. The summed E-state index contributed by atoms with van der Waals surface area (Å²) < 4.78 is 26.5. The van der Waals surface area contributed by atoms with Crippen molar-refractivity contribution < 1.29 is 13.2 Å². The molecule has 148 valence electrons. The van der Waals surface area contributed by atoms with Crippen LogP contribution in [0.15, 0.2) is 17.5 Å². The summed E-state index contributed by atoms with van der Waals surface area (Å²) in [7, 11) is -3.16. The summed E-state index contributed by atoms with van der Waals surface area (Å²) in [5.74, 6) is -0.117. The van der Waals surface area contributed by atoms with Crippen LogP contribution >= 0.6 is 11.3 Å². The topological polar surface area (TPSA) is 84.3 Å². The third-order valence-corrected chi connectivity index (χ3v) is 7.26. The second-order valence-corrected chi connectivity index (χ2v) is 9.90.